The number of nitrogens with one attached hydrogen (secondary N) is 1. The van der Waals surface area contributed by atoms with Gasteiger partial charge in [-0.2, -0.15) is 0 Å². The monoisotopic (exact) mass is 324 g/mol. The maximum Gasteiger partial charge on any atom is 0.263 e. The second-order valence-corrected chi connectivity index (χ2v) is 4.48. The Kier molecular flexibility index (Phi) is 4.46. The van der Waals surface area contributed by atoms with E-state index in [4.69, 9.17) is 4.74 Å². The van der Waals surface area contributed by atoms with Crippen LogP contribution in [0.15, 0.2) is 47.1 Å². The minimum Gasteiger partial charge on any atom is -0.483 e. The summed E-state index contributed by atoms with van der Waals surface area (Å²) in [5, 5.41) is 2.58. The zero-order chi connectivity index (χ0) is 13.7. The zero-order valence-corrected chi connectivity index (χ0v) is 11.4. The Balaban J connectivity index is 1.90. The smallest absolute Gasteiger partial charge is 0.263 e. The molecule has 1 amide bonds. The summed E-state index contributed by atoms with van der Waals surface area (Å²) in [6.07, 6.45) is 1.58. The predicted molar refractivity (Wildman–Crippen MR) is 72.5 cm³/mol. The quantitative estimate of drug-likeness (QED) is 0.940. The van der Waals surface area contributed by atoms with Crippen molar-refractivity contribution in [1.29, 1.82) is 0 Å². The van der Waals surface area contributed by atoms with Crippen LogP contribution in [0, 0.1) is 5.82 Å². The summed E-state index contributed by atoms with van der Waals surface area (Å²) in [5.74, 6) is 0.138. The van der Waals surface area contributed by atoms with E-state index in [9.17, 15) is 9.18 Å². The van der Waals surface area contributed by atoms with Crippen molar-refractivity contribution >= 4 is 27.7 Å². The minimum absolute atomic E-state index is 0.180. The van der Waals surface area contributed by atoms with Crippen molar-refractivity contribution in [2.75, 3.05) is 11.9 Å². The Hall–Kier alpha value is -1.95. The van der Waals surface area contributed by atoms with Crippen molar-refractivity contribution in [3.8, 4) is 5.75 Å². The second-order valence-electron chi connectivity index (χ2n) is 3.63. The van der Waals surface area contributed by atoms with E-state index >= 15 is 0 Å². The number of benzene rings is 1. The lowest BCUT2D eigenvalue weighted by atomic mass is 10.3. The molecular weight excluding hydrogens is 315 g/mol. The number of carbonyl (C=O) groups is 1. The average Bonchev–Trinajstić information content (AvgIpc) is 2.39. The van der Waals surface area contributed by atoms with E-state index < -0.39 is 0 Å². The van der Waals surface area contributed by atoms with Gasteiger partial charge in [-0.1, -0.05) is 6.07 Å². The molecule has 98 valence electrons. The van der Waals surface area contributed by atoms with E-state index in [1.54, 1.807) is 24.4 Å². The highest BCUT2D eigenvalue weighted by atomic mass is 79.9. The van der Waals surface area contributed by atoms with E-state index in [0.29, 0.717) is 16.0 Å². The number of carbonyl (C=O) groups excluding carboxylic acids is 1. The molecule has 0 saturated carbocycles. The summed E-state index contributed by atoms with van der Waals surface area (Å²) < 4.78 is 18.6. The van der Waals surface area contributed by atoms with Gasteiger partial charge in [0.25, 0.3) is 5.91 Å². The van der Waals surface area contributed by atoms with Crippen molar-refractivity contribution in [3.05, 3.63) is 52.9 Å². The second kappa shape index (κ2) is 6.29. The van der Waals surface area contributed by atoms with Crippen LogP contribution in [0.2, 0.25) is 0 Å². The predicted octanol–water partition coefficient (Wildman–Crippen LogP) is 3.00. The van der Waals surface area contributed by atoms with E-state index in [1.165, 1.54) is 18.2 Å². The standard InChI is InChI=1S/C13H10BrFN2O2/c14-10-7-9(15)4-5-11(10)19-8-13(18)17-12-3-1-2-6-16-12/h1-7H,8H2,(H,16,17,18). The summed E-state index contributed by atoms with van der Waals surface area (Å²) in [5.41, 5.74) is 0. The molecule has 19 heavy (non-hydrogen) atoms. The SMILES string of the molecule is O=C(COc1ccc(F)cc1Br)Nc1ccccn1. The molecule has 0 atom stereocenters. The number of rotatable bonds is 4. The molecule has 1 N–H and O–H groups in total. The number of amides is 1. The van der Waals surface area contributed by atoms with Gasteiger partial charge in [0.15, 0.2) is 6.61 Å². The van der Waals surface area contributed by atoms with Crippen LogP contribution >= 0.6 is 15.9 Å². The normalized spacial score (nSPS) is 10.0. The first kappa shape index (κ1) is 13.5. The third kappa shape index (κ3) is 4.03. The molecule has 0 aliphatic rings. The van der Waals surface area contributed by atoms with Crippen LogP contribution in [0.5, 0.6) is 5.75 Å². The molecule has 0 saturated heterocycles. The number of hydrogen-bond acceptors (Lipinski definition) is 3. The average molecular weight is 325 g/mol. The number of nitrogens with zero attached hydrogens (tertiary/aromatic N) is 1. The molecule has 0 bridgehead atoms. The number of aromatic nitrogens is 1. The van der Waals surface area contributed by atoms with Crippen LogP contribution in [-0.2, 0) is 4.79 Å². The van der Waals surface area contributed by atoms with Gasteiger partial charge in [0.1, 0.15) is 17.4 Å². The first-order valence-electron chi connectivity index (χ1n) is 5.44. The molecule has 1 aromatic carbocycles. The molecule has 0 unspecified atom stereocenters. The van der Waals surface area contributed by atoms with Gasteiger partial charge in [-0.25, -0.2) is 9.37 Å². The van der Waals surface area contributed by atoms with Gasteiger partial charge in [0.2, 0.25) is 0 Å². The number of pyridine rings is 1. The molecule has 0 aliphatic heterocycles. The van der Waals surface area contributed by atoms with Gasteiger partial charge in [-0.3, -0.25) is 4.79 Å². The lowest BCUT2D eigenvalue weighted by molar-refractivity contribution is -0.118. The maximum atomic E-state index is 12.9. The third-order valence-electron chi connectivity index (χ3n) is 2.19. The molecule has 2 rings (SSSR count). The van der Waals surface area contributed by atoms with E-state index in [0.717, 1.165) is 0 Å². The zero-order valence-electron chi connectivity index (χ0n) is 9.77. The van der Waals surface area contributed by atoms with Crippen LogP contribution < -0.4 is 10.1 Å². The fraction of sp³-hybridized carbons (Fsp3) is 0.0769. The number of anilines is 1. The van der Waals surface area contributed by atoms with Crippen molar-refractivity contribution in [3.63, 3.8) is 0 Å². The lowest BCUT2D eigenvalue weighted by Crippen LogP contribution is -2.20. The Morgan fingerprint density at radius 3 is 2.89 bits per heavy atom. The summed E-state index contributed by atoms with van der Waals surface area (Å²) >= 11 is 3.16. The van der Waals surface area contributed by atoms with Crippen molar-refractivity contribution in [2.45, 2.75) is 0 Å². The minimum atomic E-state index is -0.378. The van der Waals surface area contributed by atoms with Crippen LogP contribution in [0.4, 0.5) is 10.2 Å². The lowest BCUT2D eigenvalue weighted by Gasteiger charge is -2.08. The van der Waals surface area contributed by atoms with Crippen LogP contribution in [-0.4, -0.2) is 17.5 Å². The van der Waals surface area contributed by atoms with E-state index in [2.05, 4.69) is 26.2 Å². The van der Waals surface area contributed by atoms with Crippen LogP contribution in [0.3, 0.4) is 0 Å². The summed E-state index contributed by atoms with van der Waals surface area (Å²) in [7, 11) is 0. The fourth-order valence-electron chi connectivity index (χ4n) is 1.35. The molecule has 1 heterocycles. The Labute approximate surface area is 117 Å². The van der Waals surface area contributed by atoms with E-state index in [-0.39, 0.29) is 18.3 Å². The van der Waals surface area contributed by atoms with Crippen LogP contribution in [0.1, 0.15) is 0 Å². The maximum absolute atomic E-state index is 12.9. The third-order valence-corrected chi connectivity index (χ3v) is 2.80. The van der Waals surface area contributed by atoms with Crippen molar-refractivity contribution in [1.82, 2.24) is 4.98 Å². The first-order valence-corrected chi connectivity index (χ1v) is 6.23. The molecule has 0 aliphatic carbocycles. The molecule has 2 aromatic rings. The highest BCUT2D eigenvalue weighted by Gasteiger charge is 2.07. The van der Waals surface area contributed by atoms with E-state index in [1.807, 2.05) is 0 Å². The topological polar surface area (TPSA) is 51.2 Å². The summed E-state index contributed by atoms with van der Waals surface area (Å²) in [6, 6.07) is 9.17. The molecule has 6 heteroatoms. The molecule has 0 fully saturated rings. The molecule has 1 aromatic heterocycles. The Bertz CT molecular complexity index is 578. The molecule has 0 spiro atoms. The Morgan fingerprint density at radius 1 is 1.37 bits per heavy atom. The van der Waals surface area contributed by atoms with Gasteiger partial charge in [0, 0.05) is 6.20 Å². The van der Waals surface area contributed by atoms with Gasteiger partial charge in [-0.15, -0.1) is 0 Å². The molecule has 0 radical (unpaired) electrons. The number of ether oxygens (including phenoxy) is 1. The van der Waals surface area contributed by atoms with Crippen molar-refractivity contribution < 1.29 is 13.9 Å². The van der Waals surface area contributed by atoms with Gasteiger partial charge in [-0.05, 0) is 46.3 Å². The van der Waals surface area contributed by atoms with Gasteiger partial charge >= 0.3 is 0 Å². The van der Waals surface area contributed by atoms with Crippen molar-refractivity contribution in [2.24, 2.45) is 0 Å². The largest absolute Gasteiger partial charge is 0.483 e. The summed E-state index contributed by atoms with van der Waals surface area (Å²) in [6.45, 7) is -0.180. The highest BCUT2D eigenvalue weighted by molar-refractivity contribution is 9.10. The van der Waals surface area contributed by atoms with Gasteiger partial charge in [0.05, 0.1) is 4.47 Å². The Morgan fingerprint density at radius 2 is 2.21 bits per heavy atom. The van der Waals surface area contributed by atoms with Gasteiger partial charge < -0.3 is 10.1 Å². The highest BCUT2D eigenvalue weighted by Crippen LogP contribution is 2.25. The summed E-state index contributed by atoms with van der Waals surface area (Å²) in [4.78, 5) is 15.6. The fourth-order valence-corrected chi connectivity index (χ4v) is 1.82. The van der Waals surface area contributed by atoms with Crippen LogP contribution in [0.25, 0.3) is 0 Å². The number of halogens is 2. The molecular formula is C13H10BrFN2O2. The first-order chi connectivity index (χ1) is 9.15. The number of hydrogen-bond donors (Lipinski definition) is 1. The molecule has 4 nitrogen and oxygen atoms in total.